The second-order valence-electron chi connectivity index (χ2n) is 1.84. The van der Waals surface area contributed by atoms with Gasteiger partial charge in [0.25, 0.3) is 0 Å². The molecule has 0 aromatic rings. The van der Waals surface area contributed by atoms with Crippen molar-refractivity contribution < 1.29 is 15.3 Å². The van der Waals surface area contributed by atoms with Crippen LogP contribution in [-0.4, -0.2) is 34.1 Å². The van der Waals surface area contributed by atoms with Crippen LogP contribution in [0.1, 0.15) is 6.92 Å². The van der Waals surface area contributed by atoms with E-state index in [4.69, 9.17) is 15.3 Å². The molecule has 9 heavy (non-hydrogen) atoms. The van der Waals surface area contributed by atoms with Crippen LogP contribution in [0.3, 0.4) is 0 Å². The van der Waals surface area contributed by atoms with Crippen molar-refractivity contribution in [1.82, 2.24) is 0 Å². The van der Waals surface area contributed by atoms with Crippen LogP contribution in [0.2, 0.25) is 0 Å². The highest BCUT2D eigenvalue weighted by Gasteiger charge is 2.04. The third-order valence-corrected chi connectivity index (χ3v) is 0.933. The predicted octanol–water partition coefficient (Wildman–Crippen LogP) is -0.723. The minimum Gasteiger partial charge on any atom is -0.392 e. The van der Waals surface area contributed by atoms with E-state index in [-0.39, 0.29) is 6.61 Å². The quantitative estimate of drug-likeness (QED) is 0.444. The van der Waals surface area contributed by atoms with Crippen LogP contribution < -0.4 is 0 Å². The van der Waals surface area contributed by atoms with Crippen molar-refractivity contribution >= 4 is 0 Å². The first-order chi connectivity index (χ1) is 4.18. The van der Waals surface area contributed by atoms with Gasteiger partial charge in [-0.25, -0.2) is 0 Å². The van der Waals surface area contributed by atoms with Crippen LogP contribution in [0.15, 0.2) is 12.2 Å². The number of aliphatic hydroxyl groups excluding tert-OH is 3. The maximum Gasteiger partial charge on any atom is 0.0977 e. The maximum absolute atomic E-state index is 8.81. The molecule has 3 heteroatoms. The van der Waals surface area contributed by atoms with Crippen LogP contribution in [-0.2, 0) is 0 Å². The Morgan fingerprint density at radius 1 is 1.44 bits per heavy atom. The van der Waals surface area contributed by atoms with Gasteiger partial charge in [0, 0.05) is 0 Å². The molecule has 0 saturated heterocycles. The summed E-state index contributed by atoms with van der Waals surface area (Å²) in [5.41, 5.74) is 0. The standard InChI is InChI=1S/C6H12O3/c1-5(8)6(9)3-2-4-7/h2-3,5-9H,4H2,1H3/b3-2+/t5-,6-/m0/s1. The van der Waals surface area contributed by atoms with Crippen LogP contribution in [0.5, 0.6) is 0 Å². The molecule has 0 aliphatic carbocycles. The number of hydrogen-bond acceptors (Lipinski definition) is 3. The van der Waals surface area contributed by atoms with Gasteiger partial charge in [0.15, 0.2) is 0 Å². The van der Waals surface area contributed by atoms with Crippen molar-refractivity contribution in [2.75, 3.05) is 6.61 Å². The molecule has 0 saturated carbocycles. The lowest BCUT2D eigenvalue weighted by molar-refractivity contribution is 0.0615. The average Bonchev–Trinajstić information content (AvgIpc) is 1.82. The zero-order valence-corrected chi connectivity index (χ0v) is 5.36. The van der Waals surface area contributed by atoms with Crippen molar-refractivity contribution in [1.29, 1.82) is 0 Å². The Morgan fingerprint density at radius 3 is 2.33 bits per heavy atom. The molecular formula is C6H12O3. The highest BCUT2D eigenvalue weighted by Crippen LogP contribution is 1.92. The molecule has 54 valence electrons. The van der Waals surface area contributed by atoms with Crippen molar-refractivity contribution in [3.63, 3.8) is 0 Å². The fraction of sp³-hybridized carbons (Fsp3) is 0.667. The molecular weight excluding hydrogens is 120 g/mol. The van der Waals surface area contributed by atoms with Crippen molar-refractivity contribution in [3.8, 4) is 0 Å². The number of aliphatic hydroxyl groups is 3. The topological polar surface area (TPSA) is 60.7 Å². The first-order valence-corrected chi connectivity index (χ1v) is 2.82. The summed E-state index contributed by atoms with van der Waals surface area (Å²) in [6, 6.07) is 0. The Kier molecular flexibility index (Phi) is 4.30. The maximum atomic E-state index is 8.81. The summed E-state index contributed by atoms with van der Waals surface area (Å²) in [6.07, 6.45) is 1.10. The fourth-order valence-corrected chi connectivity index (χ4v) is 0.361. The Morgan fingerprint density at radius 2 is 2.00 bits per heavy atom. The van der Waals surface area contributed by atoms with Gasteiger partial charge in [-0.15, -0.1) is 0 Å². The van der Waals surface area contributed by atoms with Crippen molar-refractivity contribution in [3.05, 3.63) is 12.2 Å². The van der Waals surface area contributed by atoms with Gasteiger partial charge in [0.1, 0.15) is 0 Å². The zero-order chi connectivity index (χ0) is 7.28. The van der Waals surface area contributed by atoms with Crippen LogP contribution >= 0.6 is 0 Å². The summed E-state index contributed by atoms with van der Waals surface area (Å²) in [5, 5.41) is 25.7. The highest BCUT2D eigenvalue weighted by molar-refractivity contribution is 4.90. The molecule has 0 fully saturated rings. The minimum absolute atomic E-state index is 0.107. The molecule has 0 unspecified atom stereocenters. The zero-order valence-electron chi connectivity index (χ0n) is 5.36. The molecule has 0 spiro atoms. The lowest BCUT2D eigenvalue weighted by Crippen LogP contribution is -2.19. The van der Waals surface area contributed by atoms with E-state index in [1.54, 1.807) is 0 Å². The van der Waals surface area contributed by atoms with Crippen molar-refractivity contribution in [2.45, 2.75) is 19.1 Å². The van der Waals surface area contributed by atoms with E-state index in [1.165, 1.54) is 19.1 Å². The summed E-state index contributed by atoms with van der Waals surface area (Å²) in [6.45, 7) is 1.37. The average molecular weight is 132 g/mol. The molecule has 0 bridgehead atoms. The first kappa shape index (κ1) is 8.62. The van der Waals surface area contributed by atoms with Gasteiger partial charge >= 0.3 is 0 Å². The molecule has 2 atom stereocenters. The Bertz CT molecular complexity index is 88.3. The largest absolute Gasteiger partial charge is 0.392 e. The molecule has 0 amide bonds. The van der Waals surface area contributed by atoms with Gasteiger partial charge in [0.2, 0.25) is 0 Å². The first-order valence-electron chi connectivity index (χ1n) is 2.82. The van der Waals surface area contributed by atoms with Crippen LogP contribution in [0.4, 0.5) is 0 Å². The monoisotopic (exact) mass is 132 g/mol. The lowest BCUT2D eigenvalue weighted by Gasteiger charge is -2.06. The normalized spacial score (nSPS) is 18.2. The molecule has 0 aromatic heterocycles. The van der Waals surface area contributed by atoms with Crippen molar-refractivity contribution in [2.24, 2.45) is 0 Å². The van der Waals surface area contributed by atoms with Gasteiger partial charge < -0.3 is 15.3 Å². The summed E-state index contributed by atoms with van der Waals surface area (Å²) in [4.78, 5) is 0. The van der Waals surface area contributed by atoms with Gasteiger partial charge in [-0.05, 0) is 6.92 Å². The third-order valence-electron chi connectivity index (χ3n) is 0.933. The molecule has 0 aliphatic heterocycles. The predicted molar refractivity (Wildman–Crippen MR) is 33.9 cm³/mol. The SMILES string of the molecule is C[C@H](O)[C@@H](O)/C=C/CO. The molecule has 0 aliphatic rings. The van der Waals surface area contributed by atoms with Gasteiger partial charge in [-0.2, -0.15) is 0 Å². The van der Waals surface area contributed by atoms with Crippen LogP contribution in [0, 0.1) is 0 Å². The summed E-state index contributed by atoms with van der Waals surface area (Å²) in [7, 11) is 0. The smallest absolute Gasteiger partial charge is 0.0977 e. The lowest BCUT2D eigenvalue weighted by atomic mass is 10.2. The van der Waals surface area contributed by atoms with E-state index in [0.29, 0.717) is 0 Å². The van der Waals surface area contributed by atoms with E-state index in [2.05, 4.69) is 0 Å². The Balaban J connectivity index is 3.48. The van der Waals surface area contributed by atoms with Gasteiger partial charge in [-0.3, -0.25) is 0 Å². The fourth-order valence-electron chi connectivity index (χ4n) is 0.361. The summed E-state index contributed by atoms with van der Waals surface area (Å²) in [5.74, 6) is 0. The number of hydrogen-bond donors (Lipinski definition) is 3. The van der Waals surface area contributed by atoms with E-state index in [1.807, 2.05) is 0 Å². The molecule has 0 heterocycles. The molecule has 3 nitrogen and oxygen atoms in total. The van der Waals surface area contributed by atoms with E-state index < -0.39 is 12.2 Å². The van der Waals surface area contributed by atoms with E-state index in [9.17, 15) is 0 Å². The molecule has 0 radical (unpaired) electrons. The molecule has 3 N–H and O–H groups in total. The summed E-state index contributed by atoms with van der Waals surface area (Å²) < 4.78 is 0. The second kappa shape index (κ2) is 4.49. The Labute approximate surface area is 54.3 Å². The van der Waals surface area contributed by atoms with Crippen LogP contribution in [0.25, 0.3) is 0 Å². The van der Waals surface area contributed by atoms with Gasteiger partial charge in [-0.1, -0.05) is 12.2 Å². The third kappa shape index (κ3) is 4.14. The molecule has 0 aromatic carbocycles. The Hall–Kier alpha value is -0.380. The second-order valence-corrected chi connectivity index (χ2v) is 1.84. The van der Waals surface area contributed by atoms with E-state index in [0.717, 1.165) is 0 Å². The highest BCUT2D eigenvalue weighted by atomic mass is 16.3. The summed E-state index contributed by atoms with van der Waals surface area (Å²) >= 11 is 0. The van der Waals surface area contributed by atoms with Gasteiger partial charge in [0.05, 0.1) is 18.8 Å². The van der Waals surface area contributed by atoms with E-state index >= 15 is 0 Å². The number of rotatable bonds is 3. The molecule has 0 rings (SSSR count). The minimum atomic E-state index is -0.864.